The summed E-state index contributed by atoms with van der Waals surface area (Å²) in [5, 5.41) is 16.7. The highest BCUT2D eigenvalue weighted by Gasteiger charge is 2.34. The van der Waals surface area contributed by atoms with E-state index in [2.05, 4.69) is 10.9 Å². The molecule has 0 N–H and O–H groups in total. The van der Waals surface area contributed by atoms with Crippen LogP contribution in [0.15, 0.2) is 230 Å². The zero-order valence-corrected chi connectivity index (χ0v) is 39.6. The van der Waals surface area contributed by atoms with E-state index in [1.807, 2.05) is 48.5 Å². The quantitative estimate of drug-likeness (QED) is 0.153. The molecule has 74 heavy (non-hydrogen) atoms. The molecule has 4 aromatic heterocycles. The minimum atomic E-state index is -0.854. The predicted octanol–water partition coefficient (Wildman–Crippen LogP) is 19.7. The Labute approximate surface area is 461 Å². The molecule has 0 radical (unpaired) electrons. The number of rotatable bonds is 6. The van der Waals surface area contributed by atoms with E-state index in [1.165, 1.54) is 33.3 Å². The fourth-order valence-corrected chi connectivity index (χ4v) is 13.3. The Balaban J connectivity index is 1.32. The number of nitriles is 1. The standard InChI is InChI=1S/C68H38N4S2/c1-70-62-59(43-24-10-4-11-25-43)54(40-69)63(60(44-26-12-5-13-27-44)65(62)71-55-31-17-14-28-46(55)47-35-34-45(38-56(47)71)41-20-6-2-7-21-41)72-64-51(37-36-50-48-29-15-18-32-57(48)73-67(50)64)61-52(42-22-8-3-9-23-42)39-53-49-30-16-19-33-58(49)74-68(53)66(61)72/h2-39H/i2D,3D,4D,5D,6D,7D,8D,9D,10D,11D,12D,13D,20D,21D,22D,23D,24D,25D,26D,27D. The third-order valence-electron chi connectivity index (χ3n) is 13.7. The molecule has 6 heteroatoms. The Kier molecular flexibility index (Phi) is 5.97. The lowest BCUT2D eigenvalue weighted by Crippen LogP contribution is -2.09. The molecule has 0 fully saturated rings. The van der Waals surface area contributed by atoms with E-state index in [0.29, 0.717) is 46.4 Å². The number of hydrogen-bond acceptors (Lipinski definition) is 3. The van der Waals surface area contributed by atoms with Gasteiger partial charge in [-0.1, -0.05) is 200 Å². The summed E-state index contributed by atoms with van der Waals surface area (Å²) in [6.07, 6.45) is 0. The molecular formula is C68H38N4S2. The van der Waals surface area contributed by atoms with Gasteiger partial charge in [0, 0.05) is 63.6 Å². The molecule has 4 heterocycles. The molecule has 0 saturated carbocycles. The highest BCUT2D eigenvalue weighted by molar-refractivity contribution is 7.27. The van der Waals surface area contributed by atoms with Gasteiger partial charge < -0.3 is 9.13 Å². The van der Waals surface area contributed by atoms with Crippen LogP contribution in [-0.4, -0.2) is 9.13 Å². The summed E-state index contributed by atoms with van der Waals surface area (Å²) in [4.78, 5) is 4.20. The van der Waals surface area contributed by atoms with Crippen LogP contribution in [0.1, 0.15) is 33.0 Å². The zero-order valence-electron chi connectivity index (χ0n) is 58.0. The van der Waals surface area contributed by atoms with Crippen molar-refractivity contribution >= 4 is 112 Å². The zero-order chi connectivity index (χ0) is 66.4. The summed E-state index contributed by atoms with van der Waals surface area (Å²) in [5.74, 6) is 0. The van der Waals surface area contributed by atoms with E-state index < -0.39 is 154 Å². The van der Waals surface area contributed by atoms with Crippen molar-refractivity contribution in [1.29, 1.82) is 5.26 Å². The normalized spacial score (nSPS) is 15.5. The van der Waals surface area contributed by atoms with Gasteiger partial charge in [0.25, 0.3) is 0 Å². The molecule has 0 unspecified atom stereocenters. The summed E-state index contributed by atoms with van der Waals surface area (Å²) in [6.45, 7) is 9.56. The molecule has 0 aliphatic heterocycles. The van der Waals surface area contributed by atoms with E-state index in [4.69, 9.17) is 13.7 Å². The lowest BCUT2D eigenvalue weighted by molar-refractivity contribution is 1.14. The van der Waals surface area contributed by atoms with Crippen molar-refractivity contribution in [2.24, 2.45) is 0 Å². The van der Waals surface area contributed by atoms with Gasteiger partial charge >= 0.3 is 0 Å². The first-order chi connectivity index (χ1) is 45.0. The van der Waals surface area contributed by atoms with Crippen LogP contribution in [0.5, 0.6) is 0 Å². The van der Waals surface area contributed by atoms with Crippen molar-refractivity contribution in [2.45, 2.75) is 0 Å². The van der Waals surface area contributed by atoms with Crippen LogP contribution in [0.3, 0.4) is 0 Å². The van der Waals surface area contributed by atoms with E-state index >= 15 is 0 Å². The van der Waals surface area contributed by atoms with Crippen LogP contribution in [0.25, 0.3) is 145 Å². The van der Waals surface area contributed by atoms with Crippen molar-refractivity contribution in [1.82, 2.24) is 9.13 Å². The molecule has 0 atom stereocenters. The molecule has 0 aliphatic carbocycles. The van der Waals surface area contributed by atoms with Crippen molar-refractivity contribution in [3.8, 4) is 62.0 Å². The van der Waals surface area contributed by atoms with Gasteiger partial charge in [0.1, 0.15) is 6.07 Å². The predicted molar refractivity (Wildman–Crippen MR) is 314 cm³/mol. The summed E-state index contributed by atoms with van der Waals surface area (Å²) in [5.41, 5.74) is -3.48. The summed E-state index contributed by atoms with van der Waals surface area (Å²) in [7, 11) is 0. The minimum Gasteiger partial charge on any atom is -0.318 e. The van der Waals surface area contributed by atoms with Gasteiger partial charge in [0.05, 0.1) is 82.4 Å². The Morgan fingerprint density at radius 1 is 0.446 bits per heavy atom. The Hall–Kier alpha value is -9.56. The van der Waals surface area contributed by atoms with Gasteiger partial charge in [-0.15, -0.1) is 22.7 Å². The second-order valence-electron chi connectivity index (χ2n) is 17.4. The lowest BCUT2D eigenvalue weighted by atomic mass is 9.88. The molecule has 15 rings (SSSR count). The largest absolute Gasteiger partial charge is 0.318 e. The third kappa shape index (κ3) is 6.05. The van der Waals surface area contributed by atoms with E-state index in [1.54, 1.807) is 59.2 Å². The van der Waals surface area contributed by atoms with Gasteiger partial charge in [-0.2, -0.15) is 5.26 Å². The van der Waals surface area contributed by atoms with Crippen LogP contribution in [0.4, 0.5) is 5.69 Å². The molecule has 4 nitrogen and oxygen atoms in total. The second kappa shape index (κ2) is 16.5. The number of para-hydroxylation sites is 1. The topological polar surface area (TPSA) is 38.0 Å². The summed E-state index contributed by atoms with van der Waals surface area (Å²) >= 11 is 2.62. The van der Waals surface area contributed by atoms with E-state index in [-0.39, 0.29) is 61.1 Å². The van der Waals surface area contributed by atoms with Crippen molar-refractivity contribution in [2.75, 3.05) is 0 Å². The van der Waals surface area contributed by atoms with Gasteiger partial charge in [-0.05, 0) is 63.7 Å². The molecule has 0 aliphatic rings. The number of thiophene rings is 2. The maximum atomic E-state index is 12.6. The average Bonchev–Trinajstić information content (AvgIpc) is 1.45. The molecule has 0 saturated heterocycles. The highest BCUT2D eigenvalue weighted by Crippen LogP contribution is 2.56. The number of aromatic nitrogens is 2. The Bertz CT molecular complexity index is 6050. The van der Waals surface area contributed by atoms with Gasteiger partial charge in [-0.3, -0.25) is 0 Å². The summed E-state index contributed by atoms with van der Waals surface area (Å²) in [6, 6.07) is 19.6. The first-order valence-electron chi connectivity index (χ1n) is 33.0. The van der Waals surface area contributed by atoms with Crippen molar-refractivity contribution in [3.63, 3.8) is 0 Å². The molecule has 0 bridgehead atoms. The van der Waals surface area contributed by atoms with Crippen LogP contribution >= 0.6 is 22.7 Å². The first-order valence-corrected chi connectivity index (χ1v) is 24.7. The van der Waals surface area contributed by atoms with Crippen LogP contribution in [-0.2, 0) is 0 Å². The molecule has 0 amide bonds. The number of hydrogen-bond donors (Lipinski definition) is 0. The van der Waals surface area contributed by atoms with Crippen LogP contribution in [0, 0.1) is 17.9 Å². The first kappa shape index (κ1) is 26.8. The maximum Gasteiger partial charge on any atom is 0.220 e. The fourth-order valence-electron chi connectivity index (χ4n) is 10.8. The monoisotopic (exact) mass is 994 g/mol. The van der Waals surface area contributed by atoms with Crippen molar-refractivity contribution < 1.29 is 27.4 Å². The molecule has 0 spiro atoms. The Morgan fingerprint density at radius 3 is 1.62 bits per heavy atom. The van der Waals surface area contributed by atoms with Crippen molar-refractivity contribution in [3.05, 3.63) is 247 Å². The summed E-state index contributed by atoms with van der Waals surface area (Å²) < 4.78 is 191. The van der Waals surface area contributed by atoms with Crippen LogP contribution < -0.4 is 0 Å². The van der Waals surface area contributed by atoms with Crippen LogP contribution in [0.2, 0.25) is 0 Å². The molecule has 11 aromatic carbocycles. The second-order valence-corrected chi connectivity index (χ2v) is 19.5. The molecule has 342 valence electrons. The van der Waals surface area contributed by atoms with Gasteiger partial charge in [0.2, 0.25) is 5.69 Å². The smallest absolute Gasteiger partial charge is 0.220 e. The average molecular weight is 995 g/mol. The SMILES string of the molecule is [2H]c1c([2H])c([2H])c(-c2ccc3c4ccccc4n(-c4c([N+]#[C-])c(-c5c([2H])c([2H])c([2H])c([2H])c5[2H])c(C#N)c(-n5c6c(ccc7c8ccccc8sc76)c6c(-c7c([2H])c([2H])c([2H])c([2H])c7[2H])cc7c8ccccc8sc7c65)c4-c4c([2H])c([2H])c([2H])c([2H])c4[2H])c3c2)c([2H])c1[2H]. The minimum absolute atomic E-state index is 0.0730. The molecule has 15 aromatic rings. The van der Waals surface area contributed by atoms with E-state index in [9.17, 15) is 25.5 Å². The molecular weight excluding hydrogens is 937 g/mol. The van der Waals surface area contributed by atoms with E-state index in [0.717, 1.165) is 10.1 Å². The Morgan fingerprint density at radius 2 is 0.973 bits per heavy atom. The third-order valence-corrected chi connectivity index (χ3v) is 16.1. The number of fused-ring (bicyclic) bond motifs is 14. The maximum absolute atomic E-state index is 12.6. The highest BCUT2D eigenvalue weighted by atomic mass is 32.1. The number of nitrogens with zero attached hydrogens (tertiary/aromatic N) is 4. The number of benzene rings is 11. The fraction of sp³-hybridized carbons (Fsp3) is 0. The van der Waals surface area contributed by atoms with Gasteiger partial charge in [0.15, 0.2) is 0 Å². The lowest BCUT2D eigenvalue weighted by Gasteiger charge is -2.26. The van der Waals surface area contributed by atoms with Gasteiger partial charge in [-0.25, -0.2) is 4.85 Å².